The van der Waals surface area contributed by atoms with E-state index in [2.05, 4.69) is 24.1 Å². The van der Waals surface area contributed by atoms with Crippen molar-refractivity contribution < 1.29 is 4.74 Å². The van der Waals surface area contributed by atoms with Gasteiger partial charge in [0.2, 0.25) is 0 Å². The zero-order valence-electron chi connectivity index (χ0n) is 9.05. The maximum atomic E-state index is 5.46. The molecule has 0 amide bonds. The summed E-state index contributed by atoms with van der Waals surface area (Å²) < 4.78 is 5.46. The summed E-state index contributed by atoms with van der Waals surface area (Å²) in [6.07, 6.45) is 0. The Morgan fingerprint density at radius 3 is 2.54 bits per heavy atom. The summed E-state index contributed by atoms with van der Waals surface area (Å²) in [6.45, 7) is 9.68. The molecule has 0 bridgehead atoms. The van der Waals surface area contributed by atoms with E-state index in [4.69, 9.17) is 4.74 Å². The van der Waals surface area contributed by atoms with Gasteiger partial charge in [0.1, 0.15) is 0 Å². The van der Waals surface area contributed by atoms with Gasteiger partial charge >= 0.3 is 0 Å². The van der Waals surface area contributed by atoms with Gasteiger partial charge in [-0.05, 0) is 20.1 Å². The van der Waals surface area contributed by atoms with Crippen LogP contribution in [-0.4, -0.2) is 50.8 Å². The highest BCUT2D eigenvalue weighted by molar-refractivity contribution is 4.82. The second kappa shape index (κ2) is 5.58. The van der Waals surface area contributed by atoms with Crippen LogP contribution < -0.4 is 5.32 Å². The third-order valence-electron chi connectivity index (χ3n) is 2.96. The molecule has 1 N–H and O–H groups in total. The predicted molar refractivity (Wildman–Crippen MR) is 54.9 cm³/mol. The van der Waals surface area contributed by atoms with Crippen LogP contribution in [0.1, 0.15) is 13.8 Å². The molecule has 1 rings (SSSR count). The molecule has 0 aliphatic carbocycles. The lowest BCUT2D eigenvalue weighted by Crippen LogP contribution is -2.40. The van der Waals surface area contributed by atoms with Crippen molar-refractivity contribution in [2.75, 3.05) is 39.9 Å². The van der Waals surface area contributed by atoms with Crippen LogP contribution >= 0.6 is 0 Å². The molecular formula is C10H22N2O. The zero-order valence-corrected chi connectivity index (χ0v) is 9.05. The summed E-state index contributed by atoms with van der Waals surface area (Å²) in [5.41, 5.74) is 0. The zero-order chi connectivity index (χ0) is 9.68. The molecule has 1 aliphatic rings. The van der Waals surface area contributed by atoms with Gasteiger partial charge in [-0.3, -0.25) is 0 Å². The molecule has 0 aromatic heterocycles. The van der Waals surface area contributed by atoms with Gasteiger partial charge in [-0.15, -0.1) is 0 Å². The Morgan fingerprint density at radius 1 is 1.31 bits per heavy atom. The van der Waals surface area contributed by atoms with Gasteiger partial charge in [0.05, 0.1) is 13.2 Å². The van der Waals surface area contributed by atoms with Crippen molar-refractivity contribution in [1.82, 2.24) is 10.2 Å². The Hall–Kier alpha value is -0.120. The average molecular weight is 186 g/mol. The lowest BCUT2D eigenvalue weighted by molar-refractivity contribution is 0.170. The van der Waals surface area contributed by atoms with Crippen LogP contribution in [0.3, 0.4) is 0 Å². The lowest BCUT2D eigenvalue weighted by atomic mass is 10.0. The fraction of sp³-hybridized carbons (Fsp3) is 1.00. The summed E-state index contributed by atoms with van der Waals surface area (Å²) in [7, 11) is 2.02. The average Bonchev–Trinajstić information content (AvgIpc) is 2.61. The normalized spacial score (nSPS) is 28.6. The highest BCUT2D eigenvalue weighted by atomic mass is 16.5. The molecule has 1 aliphatic heterocycles. The Bertz CT molecular complexity index is 137. The summed E-state index contributed by atoms with van der Waals surface area (Å²) in [5, 5.41) is 3.32. The first-order chi connectivity index (χ1) is 6.31. The van der Waals surface area contributed by atoms with E-state index in [1.54, 1.807) is 0 Å². The molecule has 13 heavy (non-hydrogen) atoms. The summed E-state index contributed by atoms with van der Waals surface area (Å²) in [5.74, 6) is 0.671. The van der Waals surface area contributed by atoms with Crippen molar-refractivity contribution >= 4 is 0 Å². The minimum atomic E-state index is 0.556. The molecule has 2 unspecified atom stereocenters. The van der Waals surface area contributed by atoms with Crippen molar-refractivity contribution in [2.24, 2.45) is 5.92 Å². The van der Waals surface area contributed by atoms with Crippen molar-refractivity contribution in [2.45, 2.75) is 19.9 Å². The molecule has 78 valence electrons. The fourth-order valence-corrected chi connectivity index (χ4v) is 1.91. The molecule has 0 spiro atoms. The lowest BCUT2D eigenvalue weighted by Gasteiger charge is -2.24. The monoisotopic (exact) mass is 186 g/mol. The van der Waals surface area contributed by atoms with E-state index in [0.717, 1.165) is 26.3 Å². The molecule has 1 fully saturated rings. The van der Waals surface area contributed by atoms with E-state index in [1.807, 2.05) is 7.05 Å². The second-order valence-electron chi connectivity index (χ2n) is 3.68. The van der Waals surface area contributed by atoms with E-state index in [-0.39, 0.29) is 0 Å². The Morgan fingerprint density at radius 2 is 2.00 bits per heavy atom. The molecule has 3 heteroatoms. The highest BCUT2D eigenvalue weighted by Gasteiger charge is 2.27. The van der Waals surface area contributed by atoms with Gasteiger partial charge in [0.25, 0.3) is 0 Å². The van der Waals surface area contributed by atoms with Gasteiger partial charge in [0.15, 0.2) is 0 Å². The predicted octanol–water partition coefficient (Wildman–Crippen LogP) is 0.563. The smallest absolute Gasteiger partial charge is 0.0623 e. The maximum absolute atomic E-state index is 5.46. The van der Waals surface area contributed by atoms with E-state index in [9.17, 15) is 0 Å². The second-order valence-corrected chi connectivity index (χ2v) is 3.68. The Labute approximate surface area is 81.4 Å². The molecule has 0 aromatic rings. The van der Waals surface area contributed by atoms with Crippen molar-refractivity contribution in [3.63, 3.8) is 0 Å². The van der Waals surface area contributed by atoms with E-state index >= 15 is 0 Å². The topological polar surface area (TPSA) is 24.5 Å². The van der Waals surface area contributed by atoms with Crippen molar-refractivity contribution in [3.05, 3.63) is 0 Å². The van der Waals surface area contributed by atoms with Crippen LogP contribution in [0.2, 0.25) is 0 Å². The number of nitrogens with one attached hydrogen (secondary N) is 1. The molecule has 0 saturated carbocycles. The molecule has 0 aromatic carbocycles. The standard InChI is InChI=1S/C10H22N2O/c1-4-12(5-2)6-9-7-13-8-10(9)11-3/h9-11H,4-8H2,1-3H3. The van der Waals surface area contributed by atoms with Crippen LogP contribution in [0.5, 0.6) is 0 Å². The van der Waals surface area contributed by atoms with Gasteiger partial charge in [0, 0.05) is 18.5 Å². The van der Waals surface area contributed by atoms with Gasteiger partial charge in [-0.1, -0.05) is 13.8 Å². The van der Waals surface area contributed by atoms with E-state index < -0.39 is 0 Å². The van der Waals surface area contributed by atoms with Crippen LogP contribution in [0.4, 0.5) is 0 Å². The Balaban J connectivity index is 2.33. The number of ether oxygens (including phenoxy) is 1. The summed E-state index contributed by atoms with van der Waals surface area (Å²) >= 11 is 0. The van der Waals surface area contributed by atoms with Gasteiger partial charge < -0.3 is 15.0 Å². The SMILES string of the molecule is CCN(CC)CC1COCC1NC. The molecule has 0 radical (unpaired) electrons. The number of rotatable bonds is 5. The van der Waals surface area contributed by atoms with Gasteiger partial charge in [-0.25, -0.2) is 0 Å². The number of likely N-dealkylation sites (N-methyl/N-ethyl adjacent to an activating group) is 1. The van der Waals surface area contributed by atoms with Crippen LogP contribution in [0, 0.1) is 5.92 Å². The van der Waals surface area contributed by atoms with Crippen molar-refractivity contribution in [3.8, 4) is 0 Å². The van der Waals surface area contributed by atoms with Crippen LogP contribution in [0.25, 0.3) is 0 Å². The maximum Gasteiger partial charge on any atom is 0.0623 e. The minimum Gasteiger partial charge on any atom is -0.379 e. The van der Waals surface area contributed by atoms with Crippen LogP contribution in [-0.2, 0) is 4.74 Å². The fourth-order valence-electron chi connectivity index (χ4n) is 1.91. The third kappa shape index (κ3) is 2.93. The molecule has 2 atom stereocenters. The Kier molecular flexibility index (Phi) is 4.70. The van der Waals surface area contributed by atoms with Gasteiger partial charge in [-0.2, -0.15) is 0 Å². The first kappa shape index (κ1) is 11.0. The van der Waals surface area contributed by atoms with Crippen molar-refractivity contribution in [1.29, 1.82) is 0 Å². The summed E-state index contributed by atoms with van der Waals surface area (Å²) in [6, 6.07) is 0.556. The van der Waals surface area contributed by atoms with E-state index in [1.165, 1.54) is 6.54 Å². The van der Waals surface area contributed by atoms with E-state index in [0.29, 0.717) is 12.0 Å². The van der Waals surface area contributed by atoms with Crippen LogP contribution in [0.15, 0.2) is 0 Å². The number of nitrogens with zero attached hydrogens (tertiary/aromatic N) is 1. The number of hydrogen-bond acceptors (Lipinski definition) is 3. The largest absolute Gasteiger partial charge is 0.379 e. The number of hydrogen-bond donors (Lipinski definition) is 1. The minimum absolute atomic E-state index is 0.556. The quantitative estimate of drug-likeness (QED) is 0.679. The molecule has 3 nitrogen and oxygen atoms in total. The molecular weight excluding hydrogens is 164 g/mol. The molecule has 1 saturated heterocycles. The third-order valence-corrected chi connectivity index (χ3v) is 2.96. The highest BCUT2D eigenvalue weighted by Crippen LogP contribution is 2.14. The first-order valence-corrected chi connectivity index (χ1v) is 5.29. The molecule has 1 heterocycles. The first-order valence-electron chi connectivity index (χ1n) is 5.29. The summed E-state index contributed by atoms with van der Waals surface area (Å²) in [4.78, 5) is 2.46.